The van der Waals surface area contributed by atoms with Gasteiger partial charge in [-0.3, -0.25) is 4.79 Å². The van der Waals surface area contributed by atoms with Crippen LogP contribution in [0.1, 0.15) is 12.1 Å². The molecule has 4 heteroatoms. The molecular weight excluding hydrogens is 209 g/mol. The van der Waals surface area contributed by atoms with Gasteiger partial charge in [-0.05, 0) is 31.2 Å². The molecule has 0 fully saturated rings. The van der Waals surface area contributed by atoms with Crippen LogP contribution in [0.5, 0.6) is 0 Å². The van der Waals surface area contributed by atoms with Crippen molar-refractivity contribution in [3.8, 4) is 0 Å². The number of aliphatic carboxylic acids is 1. The number of carboxylic acid groups (broad SMARTS) is 1. The van der Waals surface area contributed by atoms with E-state index in [1.165, 1.54) is 12.1 Å². The number of benzene rings is 1. The molecular formula is C12H12FNO2. The van der Waals surface area contributed by atoms with E-state index in [2.05, 4.69) is 0 Å². The zero-order chi connectivity index (χ0) is 11.7. The third-order valence-corrected chi connectivity index (χ3v) is 2.62. The highest BCUT2D eigenvalue weighted by atomic mass is 19.1. The van der Waals surface area contributed by atoms with Crippen molar-refractivity contribution in [1.82, 2.24) is 4.57 Å². The number of nitrogens with zero attached hydrogens (tertiary/aromatic N) is 1. The fourth-order valence-electron chi connectivity index (χ4n) is 1.88. The van der Waals surface area contributed by atoms with E-state index in [0.717, 1.165) is 16.6 Å². The summed E-state index contributed by atoms with van der Waals surface area (Å²) in [6, 6.07) is 6.39. The normalized spacial score (nSPS) is 10.9. The number of fused-ring (bicyclic) bond motifs is 1. The first-order chi connectivity index (χ1) is 7.58. The Hall–Kier alpha value is -1.84. The summed E-state index contributed by atoms with van der Waals surface area (Å²) in [5.41, 5.74) is 1.82. The third-order valence-electron chi connectivity index (χ3n) is 2.62. The number of halogens is 1. The minimum Gasteiger partial charge on any atom is -0.481 e. The molecule has 0 saturated heterocycles. The molecule has 84 valence electrons. The fraction of sp³-hybridized carbons (Fsp3) is 0.250. The van der Waals surface area contributed by atoms with Gasteiger partial charge in [0.15, 0.2) is 0 Å². The van der Waals surface area contributed by atoms with Gasteiger partial charge in [-0.1, -0.05) is 0 Å². The first kappa shape index (κ1) is 10.7. The molecule has 2 rings (SSSR count). The third kappa shape index (κ3) is 1.91. The molecule has 0 atom stereocenters. The summed E-state index contributed by atoms with van der Waals surface area (Å²) in [5.74, 6) is -1.11. The summed E-state index contributed by atoms with van der Waals surface area (Å²) in [5, 5.41) is 9.45. The molecule has 0 saturated carbocycles. The smallest absolute Gasteiger partial charge is 0.305 e. The maximum absolute atomic E-state index is 13.0. The number of hydrogen-bond acceptors (Lipinski definition) is 1. The molecule has 3 nitrogen and oxygen atoms in total. The molecule has 16 heavy (non-hydrogen) atoms. The Kier molecular flexibility index (Phi) is 2.64. The van der Waals surface area contributed by atoms with E-state index in [4.69, 9.17) is 5.11 Å². The van der Waals surface area contributed by atoms with Gasteiger partial charge in [-0.25, -0.2) is 4.39 Å². The Balaban J connectivity index is 2.43. The monoisotopic (exact) mass is 221 g/mol. The van der Waals surface area contributed by atoms with Crippen LogP contribution in [0, 0.1) is 12.7 Å². The molecule has 1 aromatic carbocycles. The van der Waals surface area contributed by atoms with Crippen molar-refractivity contribution in [3.63, 3.8) is 0 Å². The minimum atomic E-state index is -0.830. The average molecular weight is 221 g/mol. The minimum absolute atomic E-state index is 0.0714. The number of carboxylic acids is 1. The summed E-state index contributed by atoms with van der Waals surface area (Å²) in [7, 11) is 0. The van der Waals surface area contributed by atoms with Crippen LogP contribution in [-0.4, -0.2) is 15.6 Å². The van der Waals surface area contributed by atoms with Crippen molar-refractivity contribution in [2.45, 2.75) is 19.9 Å². The summed E-state index contributed by atoms with van der Waals surface area (Å²) in [6.45, 7) is 2.30. The SMILES string of the molecule is Cc1cc2cc(F)ccc2n1CCC(=O)O. The van der Waals surface area contributed by atoms with E-state index in [1.807, 2.05) is 17.6 Å². The van der Waals surface area contributed by atoms with Crippen molar-refractivity contribution in [1.29, 1.82) is 0 Å². The molecule has 0 spiro atoms. The average Bonchev–Trinajstić information content (AvgIpc) is 2.50. The van der Waals surface area contributed by atoms with Crippen LogP contribution >= 0.6 is 0 Å². The summed E-state index contributed by atoms with van der Waals surface area (Å²) < 4.78 is 14.9. The summed E-state index contributed by atoms with van der Waals surface area (Å²) >= 11 is 0. The van der Waals surface area contributed by atoms with Crippen LogP contribution in [0.25, 0.3) is 10.9 Å². The van der Waals surface area contributed by atoms with Gasteiger partial charge in [-0.15, -0.1) is 0 Å². The van der Waals surface area contributed by atoms with Gasteiger partial charge in [0.1, 0.15) is 5.82 Å². The lowest BCUT2D eigenvalue weighted by Gasteiger charge is -2.05. The van der Waals surface area contributed by atoms with Crippen LogP contribution in [0.3, 0.4) is 0 Å². The van der Waals surface area contributed by atoms with Gasteiger partial charge in [0.25, 0.3) is 0 Å². The van der Waals surface area contributed by atoms with Crippen LogP contribution in [0.4, 0.5) is 4.39 Å². The molecule has 0 aliphatic rings. The maximum atomic E-state index is 13.0. The summed E-state index contributed by atoms with van der Waals surface area (Å²) in [6.07, 6.45) is 0.0714. The van der Waals surface area contributed by atoms with Gasteiger partial charge in [0.2, 0.25) is 0 Å². The number of rotatable bonds is 3. The second kappa shape index (κ2) is 3.96. The predicted octanol–water partition coefficient (Wildman–Crippen LogP) is 2.56. The lowest BCUT2D eigenvalue weighted by molar-refractivity contribution is -0.137. The summed E-state index contributed by atoms with van der Waals surface area (Å²) in [4.78, 5) is 10.5. The van der Waals surface area contributed by atoms with E-state index >= 15 is 0 Å². The van der Waals surface area contributed by atoms with Crippen molar-refractivity contribution in [2.75, 3.05) is 0 Å². The molecule has 1 N–H and O–H groups in total. The van der Waals surface area contributed by atoms with Gasteiger partial charge < -0.3 is 9.67 Å². The van der Waals surface area contributed by atoms with Gasteiger partial charge in [-0.2, -0.15) is 0 Å². The van der Waals surface area contributed by atoms with Gasteiger partial charge in [0.05, 0.1) is 6.42 Å². The van der Waals surface area contributed by atoms with Crippen LogP contribution in [-0.2, 0) is 11.3 Å². The largest absolute Gasteiger partial charge is 0.481 e. The van der Waals surface area contributed by atoms with E-state index in [1.54, 1.807) is 6.07 Å². The zero-order valence-electron chi connectivity index (χ0n) is 8.90. The lowest BCUT2D eigenvalue weighted by atomic mass is 10.2. The van der Waals surface area contributed by atoms with Crippen molar-refractivity contribution < 1.29 is 14.3 Å². The first-order valence-corrected chi connectivity index (χ1v) is 5.05. The molecule has 0 amide bonds. The standard InChI is InChI=1S/C12H12FNO2/c1-8-6-9-7-10(13)2-3-11(9)14(8)5-4-12(15)16/h2-3,6-7H,4-5H2,1H3,(H,15,16). The zero-order valence-corrected chi connectivity index (χ0v) is 8.90. The van der Waals surface area contributed by atoms with Crippen LogP contribution < -0.4 is 0 Å². The van der Waals surface area contributed by atoms with E-state index in [9.17, 15) is 9.18 Å². The Morgan fingerprint density at radius 2 is 2.19 bits per heavy atom. The number of aromatic nitrogens is 1. The van der Waals surface area contributed by atoms with Gasteiger partial charge in [0, 0.05) is 23.1 Å². The molecule has 0 radical (unpaired) electrons. The van der Waals surface area contributed by atoms with Gasteiger partial charge >= 0.3 is 5.97 Å². The first-order valence-electron chi connectivity index (χ1n) is 5.05. The van der Waals surface area contributed by atoms with E-state index in [0.29, 0.717) is 6.54 Å². The molecule has 1 heterocycles. The molecule has 0 bridgehead atoms. The van der Waals surface area contributed by atoms with Crippen molar-refractivity contribution >= 4 is 16.9 Å². The fourth-order valence-corrected chi connectivity index (χ4v) is 1.88. The second-order valence-electron chi connectivity index (χ2n) is 3.78. The molecule has 0 aliphatic carbocycles. The highest BCUT2D eigenvalue weighted by Gasteiger charge is 2.07. The van der Waals surface area contributed by atoms with E-state index < -0.39 is 5.97 Å². The quantitative estimate of drug-likeness (QED) is 0.865. The highest BCUT2D eigenvalue weighted by molar-refractivity contribution is 5.81. The number of hydrogen-bond donors (Lipinski definition) is 1. The van der Waals surface area contributed by atoms with Crippen molar-refractivity contribution in [2.24, 2.45) is 0 Å². The van der Waals surface area contributed by atoms with E-state index in [-0.39, 0.29) is 12.2 Å². The Labute approximate surface area is 92.1 Å². The van der Waals surface area contributed by atoms with Crippen LogP contribution in [0.15, 0.2) is 24.3 Å². The Morgan fingerprint density at radius 1 is 1.44 bits per heavy atom. The molecule has 1 aromatic heterocycles. The van der Waals surface area contributed by atoms with Crippen LogP contribution in [0.2, 0.25) is 0 Å². The second-order valence-corrected chi connectivity index (χ2v) is 3.78. The van der Waals surface area contributed by atoms with Crippen molar-refractivity contribution in [3.05, 3.63) is 35.8 Å². The molecule has 0 aliphatic heterocycles. The predicted molar refractivity (Wildman–Crippen MR) is 58.9 cm³/mol. The highest BCUT2D eigenvalue weighted by Crippen LogP contribution is 2.20. The maximum Gasteiger partial charge on any atom is 0.305 e. The lowest BCUT2D eigenvalue weighted by Crippen LogP contribution is -2.05. The molecule has 2 aromatic rings. The Bertz CT molecular complexity index is 545. The number of aryl methyl sites for hydroxylation is 2. The molecule has 0 unspecified atom stereocenters. The Morgan fingerprint density at radius 3 is 2.88 bits per heavy atom. The number of carbonyl (C=O) groups is 1. The topological polar surface area (TPSA) is 42.2 Å².